The number of nitrogens with one attached hydrogen (secondary N) is 2. The third kappa shape index (κ3) is 4.16. The van der Waals surface area contributed by atoms with Crippen molar-refractivity contribution < 1.29 is 9.53 Å². The molecular weight excluding hydrogens is 412 g/mol. The van der Waals surface area contributed by atoms with E-state index in [1.807, 2.05) is 25.3 Å². The maximum absolute atomic E-state index is 11.9. The van der Waals surface area contributed by atoms with Crippen LogP contribution in [0.25, 0.3) is 11.1 Å². The van der Waals surface area contributed by atoms with Gasteiger partial charge in [0.05, 0.1) is 12.7 Å². The minimum Gasteiger partial charge on any atom is -0.374 e. The number of hydrogen-bond acceptors (Lipinski definition) is 5. The van der Waals surface area contributed by atoms with Crippen molar-refractivity contribution in [3.63, 3.8) is 0 Å². The van der Waals surface area contributed by atoms with Crippen LogP contribution in [0.5, 0.6) is 0 Å². The van der Waals surface area contributed by atoms with Gasteiger partial charge in [0.15, 0.2) is 0 Å². The topological polar surface area (TPSA) is 79.6 Å². The van der Waals surface area contributed by atoms with Gasteiger partial charge >= 0.3 is 0 Å². The fourth-order valence-corrected chi connectivity index (χ4v) is 4.78. The molecule has 2 aromatic rings. The summed E-state index contributed by atoms with van der Waals surface area (Å²) in [6.07, 6.45) is 4.41. The number of amides is 1. The zero-order valence-electron chi connectivity index (χ0n) is 19.5. The van der Waals surface area contributed by atoms with E-state index in [2.05, 4.69) is 65.8 Å². The number of nitrogens with two attached hydrogens (primary N) is 1. The molecule has 3 aliphatic rings. The Kier molecular flexibility index (Phi) is 5.51. The fourth-order valence-electron chi connectivity index (χ4n) is 4.78. The summed E-state index contributed by atoms with van der Waals surface area (Å²) in [4.78, 5) is 14.3. The molecule has 1 amide bonds. The van der Waals surface area contributed by atoms with Gasteiger partial charge in [-0.15, -0.1) is 0 Å². The second-order valence-corrected chi connectivity index (χ2v) is 9.71. The Balaban J connectivity index is 1.40. The van der Waals surface area contributed by atoms with Gasteiger partial charge in [-0.25, -0.2) is 0 Å². The Hall–Kier alpha value is -3.09. The Morgan fingerprint density at radius 3 is 2.67 bits per heavy atom. The van der Waals surface area contributed by atoms with E-state index in [0.29, 0.717) is 12.5 Å². The van der Waals surface area contributed by atoms with Crippen molar-refractivity contribution in [1.29, 1.82) is 0 Å². The van der Waals surface area contributed by atoms with Gasteiger partial charge in [-0.1, -0.05) is 32.0 Å². The lowest BCUT2D eigenvalue weighted by atomic mass is 9.87. The van der Waals surface area contributed by atoms with Gasteiger partial charge in [-0.05, 0) is 71.0 Å². The summed E-state index contributed by atoms with van der Waals surface area (Å²) in [6.45, 7) is 9.56. The number of fused-ring (bicyclic) bond motifs is 1. The maximum atomic E-state index is 11.9. The summed E-state index contributed by atoms with van der Waals surface area (Å²) in [5.74, 6) is 0.497. The van der Waals surface area contributed by atoms with E-state index in [1.54, 1.807) is 0 Å². The Morgan fingerprint density at radius 2 is 1.91 bits per heavy atom. The van der Waals surface area contributed by atoms with Crippen LogP contribution in [0.3, 0.4) is 0 Å². The number of benzene rings is 2. The van der Waals surface area contributed by atoms with Crippen molar-refractivity contribution in [3.8, 4) is 0 Å². The number of rotatable bonds is 4. The first-order chi connectivity index (χ1) is 15.8. The number of hydrogen-bond donors (Lipinski definition) is 3. The normalized spacial score (nSPS) is 24.7. The average Bonchev–Trinajstić information content (AvgIpc) is 3.19. The van der Waals surface area contributed by atoms with Crippen LogP contribution in [-0.4, -0.2) is 37.4 Å². The second-order valence-electron chi connectivity index (χ2n) is 9.71. The molecule has 3 aliphatic heterocycles. The molecule has 0 spiro atoms. The van der Waals surface area contributed by atoms with E-state index in [4.69, 9.17) is 10.5 Å². The van der Waals surface area contributed by atoms with Gasteiger partial charge < -0.3 is 26.0 Å². The second kappa shape index (κ2) is 8.36. The Bertz CT molecular complexity index is 1130. The molecule has 0 aromatic heterocycles. The zero-order valence-corrected chi connectivity index (χ0v) is 19.5. The number of morpholine rings is 1. The number of nitrogens with zero attached hydrogens (tertiary/aromatic N) is 1. The molecule has 3 heterocycles. The minimum atomic E-state index is -0.701. The quantitative estimate of drug-likeness (QED) is 0.673. The highest BCUT2D eigenvalue weighted by molar-refractivity contribution is 5.99. The standard InChI is InChI=1S/C27H32N4O2/c1-17(2)25-16-31(10-11-33-25)22-7-4-18(5-8-22)20-13-24(27(3,28)30-15-20)19-6-9-23-21(12-19)14-29-26(23)32/h4-9,12-13,15,17,25,30H,10-11,14,16,28H2,1-3H3,(H,29,32)/t25-,27?/m0/s1. The molecule has 2 aromatic carbocycles. The number of dihydropyridines is 1. The third-order valence-corrected chi connectivity index (χ3v) is 6.89. The molecule has 2 atom stereocenters. The number of ether oxygens (including phenoxy) is 1. The molecule has 5 rings (SSSR count). The first-order valence-electron chi connectivity index (χ1n) is 11.7. The van der Waals surface area contributed by atoms with E-state index in [0.717, 1.165) is 53.1 Å². The molecule has 1 fully saturated rings. The molecule has 6 nitrogen and oxygen atoms in total. The lowest BCUT2D eigenvalue weighted by Gasteiger charge is -2.36. The van der Waals surface area contributed by atoms with Gasteiger partial charge in [-0.2, -0.15) is 0 Å². The lowest BCUT2D eigenvalue weighted by molar-refractivity contribution is 0.0114. The summed E-state index contributed by atoms with van der Waals surface area (Å²) in [5.41, 5.74) is 13.1. The van der Waals surface area contributed by atoms with E-state index < -0.39 is 5.66 Å². The molecule has 0 aliphatic carbocycles. The first-order valence-corrected chi connectivity index (χ1v) is 11.7. The van der Waals surface area contributed by atoms with Gasteiger partial charge in [0.1, 0.15) is 5.66 Å². The summed E-state index contributed by atoms with van der Waals surface area (Å²) in [6, 6.07) is 14.7. The average molecular weight is 445 g/mol. The number of allylic oxidation sites excluding steroid dienone is 2. The molecule has 1 saturated heterocycles. The van der Waals surface area contributed by atoms with Crippen LogP contribution in [0, 0.1) is 5.92 Å². The van der Waals surface area contributed by atoms with Gasteiger partial charge in [0, 0.05) is 37.1 Å². The van der Waals surface area contributed by atoms with Crippen LogP contribution in [-0.2, 0) is 11.3 Å². The molecule has 0 bridgehead atoms. The number of anilines is 1. The number of carbonyl (C=O) groups excluding carboxylic acids is 1. The zero-order chi connectivity index (χ0) is 23.2. The van der Waals surface area contributed by atoms with Crippen molar-refractivity contribution in [2.45, 2.75) is 39.1 Å². The van der Waals surface area contributed by atoms with Crippen molar-refractivity contribution in [2.24, 2.45) is 11.7 Å². The molecule has 4 N–H and O–H groups in total. The Labute approximate surface area is 195 Å². The van der Waals surface area contributed by atoms with Gasteiger partial charge in [0.2, 0.25) is 0 Å². The molecule has 0 radical (unpaired) electrons. The first kappa shape index (κ1) is 21.7. The summed E-state index contributed by atoms with van der Waals surface area (Å²) < 4.78 is 5.92. The van der Waals surface area contributed by atoms with Gasteiger partial charge in [-0.3, -0.25) is 4.79 Å². The van der Waals surface area contributed by atoms with E-state index in [9.17, 15) is 4.79 Å². The minimum absolute atomic E-state index is 0.0107. The van der Waals surface area contributed by atoms with Gasteiger partial charge in [0.25, 0.3) is 5.91 Å². The predicted octanol–water partition coefficient (Wildman–Crippen LogP) is 3.49. The molecule has 172 valence electrons. The SMILES string of the molecule is CC(C)[C@@H]1CN(c2ccc(C3=CNC(C)(N)C(c4ccc5c(c4)CNC5=O)=C3)cc2)CCO1. The molecule has 0 saturated carbocycles. The highest BCUT2D eigenvalue weighted by atomic mass is 16.5. The van der Waals surface area contributed by atoms with Crippen LogP contribution >= 0.6 is 0 Å². The van der Waals surface area contributed by atoms with Crippen molar-refractivity contribution >= 4 is 22.7 Å². The van der Waals surface area contributed by atoms with Crippen LogP contribution in [0.2, 0.25) is 0 Å². The van der Waals surface area contributed by atoms with E-state index in [1.165, 1.54) is 5.69 Å². The number of carbonyl (C=O) groups is 1. The highest BCUT2D eigenvalue weighted by Gasteiger charge is 2.29. The summed E-state index contributed by atoms with van der Waals surface area (Å²) in [7, 11) is 0. The maximum Gasteiger partial charge on any atom is 0.251 e. The molecule has 1 unspecified atom stereocenters. The lowest BCUT2D eigenvalue weighted by Crippen LogP contribution is -2.50. The van der Waals surface area contributed by atoms with E-state index >= 15 is 0 Å². The summed E-state index contributed by atoms with van der Waals surface area (Å²) >= 11 is 0. The van der Waals surface area contributed by atoms with Crippen LogP contribution in [0.1, 0.15) is 47.8 Å². The molecule has 6 heteroatoms. The fraction of sp³-hybridized carbons (Fsp3) is 0.370. The largest absolute Gasteiger partial charge is 0.374 e. The van der Waals surface area contributed by atoms with Crippen molar-refractivity contribution in [1.82, 2.24) is 10.6 Å². The van der Waals surface area contributed by atoms with Crippen molar-refractivity contribution in [3.05, 3.63) is 77.0 Å². The molecule has 33 heavy (non-hydrogen) atoms. The highest BCUT2D eigenvalue weighted by Crippen LogP contribution is 2.34. The smallest absolute Gasteiger partial charge is 0.251 e. The summed E-state index contributed by atoms with van der Waals surface area (Å²) in [5, 5.41) is 6.25. The van der Waals surface area contributed by atoms with Crippen LogP contribution < -0.4 is 21.3 Å². The van der Waals surface area contributed by atoms with Crippen LogP contribution in [0.15, 0.2) is 54.7 Å². The van der Waals surface area contributed by atoms with Crippen molar-refractivity contribution in [2.75, 3.05) is 24.6 Å². The molecular formula is C27H32N4O2. The monoisotopic (exact) mass is 444 g/mol. The predicted molar refractivity (Wildman–Crippen MR) is 133 cm³/mol. The third-order valence-electron chi connectivity index (χ3n) is 6.89. The van der Waals surface area contributed by atoms with E-state index in [-0.39, 0.29) is 12.0 Å². The Morgan fingerprint density at radius 1 is 1.15 bits per heavy atom. The van der Waals surface area contributed by atoms with Crippen LogP contribution in [0.4, 0.5) is 5.69 Å².